The molecule has 0 heterocycles. The maximum absolute atomic E-state index is 13.8. The van der Waals surface area contributed by atoms with Crippen LogP contribution in [0.5, 0.6) is 0 Å². The van der Waals surface area contributed by atoms with Crippen molar-refractivity contribution in [2.24, 2.45) is 5.92 Å². The van der Waals surface area contributed by atoms with Crippen LogP contribution >= 0.6 is 0 Å². The lowest BCUT2D eigenvalue weighted by atomic mass is 9.94. The zero-order valence-electron chi connectivity index (χ0n) is 22.7. The minimum Gasteiger partial charge on any atom is -0.444 e. The van der Waals surface area contributed by atoms with E-state index >= 15 is 0 Å². The van der Waals surface area contributed by atoms with Gasteiger partial charge in [-0.15, -0.1) is 0 Å². The van der Waals surface area contributed by atoms with Gasteiger partial charge in [-0.2, -0.15) is 0 Å². The zero-order chi connectivity index (χ0) is 26.2. The van der Waals surface area contributed by atoms with Gasteiger partial charge in [0.15, 0.2) is 0 Å². The van der Waals surface area contributed by atoms with Crippen molar-refractivity contribution in [2.45, 2.75) is 112 Å². The molecule has 0 saturated heterocycles. The molecule has 0 aliphatic heterocycles. The van der Waals surface area contributed by atoms with Crippen LogP contribution in [0, 0.1) is 12.8 Å². The van der Waals surface area contributed by atoms with E-state index in [4.69, 9.17) is 4.74 Å². The van der Waals surface area contributed by atoms with E-state index in [1.54, 1.807) is 32.6 Å². The first kappa shape index (κ1) is 29.5. The molecule has 7 heteroatoms. The fraction of sp³-hybridized carbons (Fsp3) is 0.667. The molecule has 3 unspecified atom stereocenters. The summed E-state index contributed by atoms with van der Waals surface area (Å²) in [7, 11) is 0. The van der Waals surface area contributed by atoms with Gasteiger partial charge in [-0.05, 0) is 85.3 Å². The van der Waals surface area contributed by atoms with Gasteiger partial charge in [0.25, 0.3) is 0 Å². The highest BCUT2D eigenvalue weighted by Gasteiger charge is 2.38. The van der Waals surface area contributed by atoms with Crippen LogP contribution < -0.4 is 10.6 Å². The number of ether oxygens (including phenoxy) is 1. The first-order valence-electron chi connectivity index (χ1n) is 12.3. The van der Waals surface area contributed by atoms with E-state index in [9.17, 15) is 14.4 Å². The lowest BCUT2D eigenvalue weighted by Gasteiger charge is -2.39. The lowest BCUT2D eigenvalue weighted by Crippen LogP contribution is -2.55. The molecular weight excluding hydrogens is 430 g/mol. The van der Waals surface area contributed by atoms with Crippen LogP contribution in [0.2, 0.25) is 0 Å². The average Bonchev–Trinajstić information content (AvgIpc) is 2.68. The molecule has 34 heavy (non-hydrogen) atoms. The summed E-state index contributed by atoms with van der Waals surface area (Å²) in [5.74, 6) is -0.106. The van der Waals surface area contributed by atoms with E-state index in [0.717, 1.165) is 24.0 Å². The molecule has 0 saturated carbocycles. The van der Waals surface area contributed by atoms with Crippen molar-refractivity contribution in [1.29, 1.82) is 0 Å². The number of amides is 3. The van der Waals surface area contributed by atoms with E-state index in [1.807, 2.05) is 52.0 Å². The molecule has 3 amide bonds. The van der Waals surface area contributed by atoms with Crippen LogP contribution in [0.25, 0.3) is 0 Å². The fourth-order valence-electron chi connectivity index (χ4n) is 3.76. The quantitative estimate of drug-likeness (QED) is 0.491. The van der Waals surface area contributed by atoms with Crippen molar-refractivity contribution in [3.05, 3.63) is 35.4 Å². The van der Waals surface area contributed by atoms with E-state index in [0.29, 0.717) is 5.92 Å². The molecule has 0 fully saturated rings. The minimum absolute atomic E-state index is 0.0840. The second kappa shape index (κ2) is 12.8. The molecule has 0 radical (unpaired) electrons. The Morgan fingerprint density at radius 2 is 1.53 bits per heavy atom. The summed E-state index contributed by atoms with van der Waals surface area (Å²) in [6.07, 6.45) is 0.979. The third-order valence-electron chi connectivity index (χ3n) is 5.44. The maximum Gasteiger partial charge on any atom is 0.408 e. The van der Waals surface area contributed by atoms with Crippen LogP contribution in [0.4, 0.5) is 4.79 Å². The van der Waals surface area contributed by atoms with Crippen LogP contribution in [-0.4, -0.2) is 46.5 Å². The van der Waals surface area contributed by atoms with Gasteiger partial charge < -0.3 is 20.3 Å². The average molecular weight is 476 g/mol. The molecule has 2 N–H and O–H groups in total. The number of hydrogen-bond acceptors (Lipinski definition) is 4. The monoisotopic (exact) mass is 475 g/mol. The Labute approximate surface area is 206 Å². The number of aryl methyl sites for hydroxylation is 1. The number of rotatable bonds is 10. The SMILES string of the molecule is Cc1ccccc1C(C(=O)NC(C)C)N(C(=O)C(C)NC(=O)OC(C)(C)C)C(C)CCC(C)C. The van der Waals surface area contributed by atoms with E-state index < -0.39 is 23.8 Å². The Balaban J connectivity index is 3.44. The molecule has 0 aromatic heterocycles. The molecule has 0 bridgehead atoms. The maximum atomic E-state index is 13.8. The Bertz CT molecular complexity index is 829. The summed E-state index contributed by atoms with van der Waals surface area (Å²) < 4.78 is 5.34. The first-order valence-corrected chi connectivity index (χ1v) is 12.3. The van der Waals surface area contributed by atoms with Crippen molar-refractivity contribution in [1.82, 2.24) is 15.5 Å². The number of benzene rings is 1. The van der Waals surface area contributed by atoms with Gasteiger partial charge in [-0.1, -0.05) is 38.1 Å². The Hall–Kier alpha value is -2.57. The van der Waals surface area contributed by atoms with Gasteiger partial charge in [0.1, 0.15) is 17.7 Å². The summed E-state index contributed by atoms with van der Waals surface area (Å²) in [4.78, 5) is 41.3. The van der Waals surface area contributed by atoms with Gasteiger partial charge in [0.05, 0.1) is 0 Å². The van der Waals surface area contributed by atoms with E-state index in [1.165, 1.54) is 0 Å². The van der Waals surface area contributed by atoms with Crippen molar-refractivity contribution in [2.75, 3.05) is 0 Å². The molecule has 0 aliphatic carbocycles. The van der Waals surface area contributed by atoms with Crippen molar-refractivity contribution >= 4 is 17.9 Å². The van der Waals surface area contributed by atoms with Crippen LogP contribution in [0.3, 0.4) is 0 Å². The normalized spacial score (nSPS) is 14.4. The molecule has 1 rings (SSSR count). The van der Waals surface area contributed by atoms with E-state index in [-0.39, 0.29) is 23.9 Å². The number of alkyl carbamates (subject to hydrolysis) is 1. The Kier molecular flexibility index (Phi) is 11.1. The highest BCUT2D eigenvalue weighted by Crippen LogP contribution is 2.29. The van der Waals surface area contributed by atoms with Gasteiger partial charge in [0.2, 0.25) is 11.8 Å². The second-order valence-electron chi connectivity index (χ2n) is 10.9. The predicted octanol–water partition coefficient (Wildman–Crippen LogP) is 5.13. The number of carbonyl (C=O) groups is 3. The zero-order valence-corrected chi connectivity index (χ0v) is 22.7. The summed E-state index contributed by atoms with van der Waals surface area (Å²) >= 11 is 0. The third-order valence-corrected chi connectivity index (χ3v) is 5.44. The standard InChI is InChI=1S/C27H45N3O4/c1-17(2)15-16-20(6)30(25(32)21(7)29-26(33)34-27(8,9)10)23(24(31)28-18(3)4)22-14-12-11-13-19(22)5/h11-14,17-18,20-21,23H,15-16H2,1-10H3,(H,28,31)(H,29,33). The smallest absolute Gasteiger partial charge is 0.408 e. The summed E-state index contributed by atoms with van der Waals surface area (Å²) in [5.41, 5.74) is 1.01. The number of nitrogens with one attached hydrogen (secondary N) is 2. The summed E-state index contributed by atoms with van der Waals surface area (Å²) in [6.45, 7) is 18.9. The van der Waals surface area contributed by atoms with Crippen LogP contribution in [0.1, 0.15) is 92.3 Å². The van der Waals surface area contributed by atoms with Crippen molar-refractivity contribution in [3.63, 3.8) is 0 Å². The summed E-state index contributed by atoms with van der Waals surface area (Å²) in [6, 6.07) is 5.63. The van der Waals surface area contributed by atoms with Gasteiger partial charge in [0, 0.05) is 12.1 Å². The molecule has 1 aromatic rings. The Morgan fingerprint density at radius 1 is 0.941 bits per heavy atom. The highest BCUT2D eigenvalue weighted by molar-refractivity contribution is 5.92. The highest BCUT2D eigenvalue weighted by atomic mass is 16.6. The van der Waals surface area contributed by atoms with Gasteiger partial charge in [-0.25, -0.2) is 4.79 Å². The molecule has 192 valence electrons. The summed E-state index contributed by atoms with van der Waals surface area (Å²) in [5, 5.41) is 5.64. The predicted molar refractivity (Wildman–Crippen MR) is 136 cm³/mol. The molecular formula is C27H45N3O4. The van der Waals surface area contributed by atoms with Crippen LogP contribution in [0.15, 0.2) is 24.3 Å². The van der Waals surface area contributed by atoms with Gasteiger partial charge in [-0.3, -0.25) is 9.59 Å². The van der Waals surface area contributed by atoms with Gasteiger partial charge >= 0.3 is 6.09 Å². The Morgan fingerprint density at radius 3 is 2.03 bits per heavy atom. The van der Waals surface area contributed by atoms with Crippen molar-refractivity contribution < 1.29 is 19.1 Å². The lowest BCUT2D eigenvalue weighted by molar-refractivity contribution is -0.145. The fourth-order valence-corrected chi connectivity index (χ4v) is 3.76. The number of hydrogen-bond donors (Lipinski definition) is 2. The number of nitrogens with zero attached hydrogens (tertiary/aromatic N) is 1. The van der Waals surface area contributed by atoms with E-state index in [2.05, 4.69) is 24.5 Å². The molecule has 0 spiro atoms. The topological polar surface area (TPSA) is 87.7 Å². The second-order valence-corrected chi connectivity index (χ2v) is 10.9. The number of carbonyl (C=O) groups excluding carboxylic acids is 3. The third kappa shape index (κ3) is 9.35. The molecule has 0 aliphatic rings. The van der Waals surface area contributed by atoms with Crippen molar-refractivity contribution in [3.8, 4) is 0 Å². The van der Waals surface area contributed by atoms with Crippen LogP contribution in [-0.2, 0) is 14.3 Å². The first-order chi connectivity index (χ1) is 15.6. The largest absolute Gasteiger partial charge is 0.444 e. The molecule has 3 atom stereocenters. The minimum atomic E-state index is -0.866. The molecule has 1 aromatic carbocycles. The molecule has 7 nitrogen and oxygen atoms in total.